The summed E-state index contributed by atoms with van der Waals surface area (Å²) < 4.78 is 0. The van der Waals surface area contributed by atoms with E-state index in [1.165, 1.54) is 5.57 Å². The van der Waals surface area contributed by atoms with Gasteiger partial charge in [-0.1, -0.05) is 13.0 Å². The molecule has 0 fully saturated rings. The van der Waals surface area contributed by atoms with Gasteiger partial charge >= 0.3 is 0 Å². The molecule has 1 aliphatic heterocycles. The normalized spacial score (nSPS) is 17.5. The summed E-state index contributed by atoms with van der Waals surface area (Å²) in [6.07, 6.45) is 7.54. The minimum atomic E-state index is 1.04. The first kappa shape index (κ1) is 8.34. The van der Waals surface area contributed by atoms with Crippen molar-refractivity contribution in [3.8, 4) is 0 Å². The molecule has 0 radical (unpaired) electrons. The first-order valence-electron chi connectivity index (χ1n) is 4.04. The van der Waals surface area contributed by atoms with Gasteiger partial charge in [-0.15, -0.1) is 0 Å². The van der Waals surface area contributed by atoms with E-state index >= 15 is 0 Å². The third-order valence-electron chi connectivity index (χ3n) is 1.92. The van der Waals surface area contributed by atoms with Crippen LogP contribution in [0.4, 0.5) is 0 Å². The van der Waals surface area contributed by atoms with E-state index in [2.05, 4.69) is 49.4 Å². The van der Waals surface area contributed by atoms with Gasteiger partial charge in [0.15, 0.2) is 0 Å². The Bertz CT molecular complexity index is 180. The molecule has 0 unspecified atom stereocenters. The molecule has 1 heterocycles. The fourth-order valence-electron chi connectivity index (χ4n) is 1.10. The Morgan fingerprint density at radius 1 is 1.55 bits per heavy atom. The number of rotatable bonds is 2. The minimum Gasteiger partial charge on any atom is -0.309 e. The van der Waals surface area contributed by atoms with E-state index in [1.54, 1.807) is 0 Å². The topological polar surface area (TPSA) is 6.48 Å². The van der Waals surface area contributed by atoms with Crippen molar-refractivity contribution in [3.05, 3.63) is 23.9 Å². The van der Waals surface area contributed by atoms with Crippen LogP contribution in [-0.4, -0.2) is 30.7 Å². The van der Waals surface area contributed by atoms with Crippen LogP contribution in [0.1, 0.15) is 13.3 Å². The second kappa shape index (κ2) is 3.58. The molecule has 1 aliphatic rings. The summed E-state index contributed by atoms with van der Waals surface area (Å²) in [4.78, 5) is 0. The molecule has 0 bridgehead atoms. The van der Waals surface area contributed by atoms with Gasteiger partial charge in [-0.05, 0) is 18.1 Å². The molecule has 0 aromatic carbocycles. The second-order valence-electron chi connectivity index (χ2n) is 2.96. The van der Waals surface area contributed by atoms with Crippen LogP contribution in [0.5, 0.6) is 0 Å². The van der Waals surface area contributed by atoms with Crippen molar-refractivity contribution >= 4 is 0 Å². The van der Waals surface area contributed by atoms with Gasteiger partial charge in [-0.25, -0.2) is 5.01 Å². The van der Waals surface area contributed by atoms with Crippen LogP contribution in [-0.2, 0) is 0 Å². The van der Waals surface area contributed by atoms with E-state index < -0.39 is 0 Å². The van der Waals surface area contributed by atoms with E-state index in [9.17, 15) is 0 Å². The summed E-state index contributed by atoms with van der Waals surface area (Å²) in [6, 6.07) is 0. The van der Waals surface area contributed by atoms with Crippen molar-refractivity contribution in [1.29, 1.82) is 0 Å². The summed E-state index contributed by atoms with van der Waals surface area (Å²) in [5.74, 6) is 0. The van der Waals surface area contributed by atoms with Gasteiger partial charge in [0.2, 0.25) is 0 Å². The molecule has 0 spiro atoms. The first-order valence-corrected chi connectivity index (χ1v) is 4.04. The Labute approximate surface area is 68.8 Å². The van der Waals surface area contributed by atoms with Gasteiger partial charge in [0, 0.05) is 20.3 Å². The molecule has 0 aliphatic carbocycles. The highest BCUT2D eigenvalue weighted by Gasteiger charge is 2.06. The zero-order chi connectivity index (χ0) is 8.27. The zero-order valence-corrected chi connectivity index (χ0v) is 7.54. The Morgan fingerprint density at radius 2 is 2.27 bits per heavy atom. The molecule has 0 N–H and O–H groups in total. The van der Waals surface area contributed by atoms with E-state index in [0.29, 0.717) is 0 Å². The van der Waals surface area contributed by atoms with Gasteiger partial charge in [0.25, 0.3) is 0 Å². The predicted molar refractivity (Wildman–Crippen MR) is 47.9 cm³/mol. The maximum atomic E-state index is 2.19. The van der Waals surface area contributed by atoms with E-state index in [0.717, 1.165) is 13.0 Å². The van der Waals surface area contributed by atoms with E-state index in [-0.39, 0.29) is 0 Å². The Morgan fingerprint density at radius 3 is 2.82 bits per heavy atom. The zero-order valence-electron chi connectivity index (χ0n) is 7.54. The number of hydrogen-bond acceptors (Lipinski definition) is 2. The molecule has 11 heavy (non-hydrogen) atoms. The summed E-state index contributed by atoms with van der Waals surface area (Å²) in [5, 5.41) is 4.29. The SMILES string of the molecule is CCC1=CC=CN(N(C)C)C1. The molecule has 0 saturated heterocycles. The lowest BCUT2D eigenvalue weighted by Gasteiger charge is -2.30. The molecule has 1 rings (SSSR count). The van der Waals surface area contributed by atoms with Crippen molar-refractivity contribution < 1.29 is 0 Å². The molecule has 2 heteroatoms. The molecular weight excluding hydrogens is 136 g/mol. The predicted octanol–water partition coefficient (Wildman–Crippen LogP) is 1.63. The average Bonchev–Trinajstić information content (AvgIpc) is 2.05. The highest BCUT2D eigenvalue weighted by molar-refractivity contribution is 5.17. The van der Waals surface area contributed by atoms with Crippen LogP contribution < -0.4 is 0 Å². The molecule has 0 atom stereocenters. The largest absolute Gasteiger partial charge is 0.309 e. The highest BCUT2D eigenvalue weighted by atomic mass is 15.6. The summed E-state index contributed by atoms with van der Waals surface area (Å²) in [6.45, 7) is 3.23. The van der Waals surface area contributed by atoms with Crippen LogP contribution >= 0.6 is 0 Å². The molecule has 62 valence electrons. The molecule has 0 saturated carbocycles. The van der Waals surface area contributed by atoms with Crippen LogP contribution in [0.15, 0.2) is 23.9 Å². The molecular formula is C9H16N2. The fourth-order valence-corrected chi connectivity index (χ4v) is 1.10. The maximum absolute atomic E-state index is 2.19. The van der Waals surface area contributed by atoms with Gasteiger partial charge in [0.1, 0.15) is 0 Å². The first-order chi connectivity index (χ1) is 5.24. The standard InChI is InChI=1S/C9H16N2/c1-4-9-6-5-7-11(8-9)10(2)3/h5-7H,4,8H2,1-3H3. The second-order valence-corrected chi connectivity index (χ2v) is 2.96. The number of nitrogens with zero attached hydrogens (tertiary/aromatic N) is 2. The van der Waals surface area contributed by atoms with Gasteiger partial charge in [-0.3, -0.25) is 0 Å². The lowest BCUT2D eigenvalue weighted by molar-refractivity contribution is 0.0915. The van der Waals surface area contributed by atoms with Crippen molar-refractivity contribution in [2.45, 2.75) is 13.3 Å². The Balaban J connectivity index is 2.55. The lowest BCUT2D eigenvalue weighted by Crippen LogP contribution is -2.34. The third-order valence-corrected chi connectivity index (χ3v) is 1.92. The average molecular weight is 152 g/mol. The summed E-state index contributed by atoms with van der Waals surface area (Å²) >= 11 is 0. The Kier molecular flexibility index (Phi) is 2.71. The van der Waals surface area contributed by atoms with Crippen LogP contribution in [0, 0.1) is 0 Å². The van der Waals surface area contributed by atoms with Crippen LogP contribution in [0.2, 0.25) is 0 Å². The van der Waals surface area contributed by atoms with E-state index in [1.807, 2.05) is 0 Å². The smallest absolute Gasteiger partial charge is 0.0553 e. The summed E-state index contributed by atoms with van der Waals surface area (Å²) in [5.41, 5.74) is 1.49. The maximum Gasteiger partial charge on any atom is 0.0553 e. The van der Waals surface area contributed by atoms with Gasteiger partial charge in [0.05, 0.1) is 6.54 Å². The molecule has 0 aromatic heterocycles. The Hall–Kier alpha value is -0.760. The third kappa shape index (κ3) is 2.09. The molecule has 0 aromatic rings. The highest BCUT2D eigenvalue weighted by Crippen LogP contribution is 2.10. The van der Waals surface area contributed by atoms with Crippen molar-refractivity contribution in [1.82, 2.24) is 10.0 Å². The number of hydrogen-bond donors (Lipinski definition) is 0. The molecule has 2 nitrogen and oxygen atoms in total. The van der Waals surface area contributed by atoms with Gasteiger partial charge in [-0.2, -0.15) is 0 Å². The van der Waals surface area contributed by atoms with Crippen LogP contribution in [0.25, 0.3) is 0 Å². The molecule has 0 amide bonds. The number of allylic oxidation sites excluding steroid dienone is 2. The lowest BCUT2D eigenvalue weighted by atomic mass is 10.1. The van der Waals surface area contributed by atoms with Gasteiger partial charge < -0.3 is 5.01 Å². The fraction of sp³-hybridized carbons (Fsp3) is 0.556. The van der Waals surface area contributed by atoms with Crippen molar-refractivity contribution in [2.24, 2.45) is 0 Å². The van der Waals surface area contributed by atoms with Crippen LogP contribution in [0.3, 0.4) is 0 Å². The summed E-state index contributed by atoms with van der Waals surface area (Å²) in [7, 11) is 4.12. The van der Waals surface area contributed by atoms with E-state index in [4.69, 9.17) is 0 Å². The van der Waals surface area contributed by atoms with Crippen molar-refractivity contribution in [3.63, 3.8) is 0 Å². The monoisotopic (exact) mass is 152 g/mol. The quantitative estimate of drug-likeness (QED) is 0.593. The number of hydrazine groups is 1. The minimum absolute atomic E-state index is 1.04. The van der Waals surface area contributed by atoms with Crippen molar-refractivity contribution in [2.75, 3.05) is 20.6 Å².